The third kappa shape index (κ3) is 4.03. The highest BCUT2D eigenvalue weighted by Crippen LogP contribution is 2.12. The van der Waals surface area contributed by atoms with Gasteiger partial charge >= 0.3 is 0 Å². The minimum absolute atomic E-state index is 0.228. The number of benzene rings is 1. The predicted molar refractivity (Wildman–Crippen MR) is 65.9 cm³/mol. The molecule has 0 unspecified atom stereocenters. The van der Waals surface area contributed by atoms with E-state index in [1.165, 1.54) is 14.2 Å². The van der Waals surface area contributed by atoms with Gasteiger partial charge in [-0.05, 0) is 12.1 Å². The second-order valence-corrected chi connectivity index (χ2v) is 4.29. The second-order valence-electron chi connectivity index (χ2n) is 3.38. The molecule has 0 heterocycles. The van der Waals surface area contributed by atoms with Gasteiger partial charge in [-0.15, -0.1) is 0 Å². The van der Waals surface area contributed by atoms with Gasteiger partial charge in [0, 0.05) is 24.3 Å². The lowest BCUT2D eigenvalue weighted by molar-refractivity contribution is -0.155. The lowest BCUT2D eigenvalue weighted by Crippen LogP contribution is -2.26. The van der Waals surface area contributed by atoms with Gasteiger partial charge in [0.05, 0.1) is 6.42 Å². The van der Waals surface area contributed by atoms with E-state index in [1.807, 2.05) is 0 Å². The van der Waals surface area contributed by atoms with Gasteiger partial charge in [-0.3, -0.25) is 9.59 Å². The van der Waals surface area contributed by atoms with E-state index in [1.54, 1.807) is 24.3 Å². The van der Waals surface area contributed by atoms with Crippen molar-refractivity contribution in [1.29, 1.82) is 0 Å². The Morgan fingerprint density at radius 2 is 1.71 bits per heavy atom. The highest BCUT2D eigenvalue weighted by molar-refractivity contribution is 9.10. The summed E-state index contributed by atoms with van der Waals surface area (Å²) in [6.07, 6.45) is -1.21. The second kappa shape index (κ2) is 6.64. The number of halogens is 1. The number of ketones is 2. The highest BCUT2D eigenvalue weighted by atomic mass is 79.9. The topological polar surface area (TPSA) is 52.6 Å². The summed E-state index contributed by atoms with van der Waals surface area (Å²) < 4.78 is 10.5. The van der Waals surface area contributed by atoms with Crippen molar-refractivity contribution in [3.8, 4) is 0 Å². The molecule has 0 saturated carbocycles. The summed E-state index contributed by atoms with van der Waals surface area (Å²) in [5.41, 5.74) is 0.493. The van der Waals surface area contributed by atoms with Gasteiger partial charge in [0.15, 0.2) is 11.6 Å². The largest absolute Gasteiger partial charge is 0.349 e. The van der Waals surface area contributed by atoms with Crippen LogP contribution in [-0.2, 0) is 14.3 Å². The number of carbonyl (C=O) groups excluding carboxylic acids is 2. The quantitative estimate of drug-likeness (QED) is 0.459. The Balaban J connectivity index is 2.66. The van der Waals surface area contributed by atoms with Crippen LogP contribution in [0.5, 0.6) is 0 Å². The van der Waals surface area contributed by atoms with Gasteiger partial charge in [-0.25, -0.2) is 0 Å². The minimum atomic E-state index is -0.977. The van der Waals surface area contributed by atoms with E-state index in [0.29, 0.717) is 5.56 Å². The smallest absolute Gasteiger partial charge is 0.217 e. The fourth-order valence-electron chi connectivity index (χ4n) is 1.34. The summed E-state index contributed by atoms with van der Waals surface area (Å²) in [4.78, 5) is 23.3. The first-order valence-electron chi connectivity index (χ1n) is 4.95. The Labute approximate surface area is 108 Å². The molecule has 0 aliphatic carbocycles. The molecule has 17 heavy (non-hydrogen) atoms. The van der Waals surface area contributed by atoms with Crippen molar-refractivity contribution in [3.05, 3.63) is 34.3 Å². The molecule has 0 aromatic heterocycles. The van der Waals surface area contributed by atoms with E-state index in [9.17, 15) is 9.59 Å². The molecule has 0 atom stereocenters. The molecule has 1 aromatic rings. The van der Waals surface area contributed by atoms with E-state index in [2.05, 4.69) is 15.9 Å². The average molecular weight is 301 g/mol. The van der Waals surface area contributed by atoms with Crippen LogP contribution in [0.4, 0.5) is 0 Å². The Bertz CT molecular complexity index is 395. The van der Waals surface area contributed by atoms with Gasteiger partial charge in [0.25, 0.3) is 0 Å². The SMILES string of the molecule is COC(OC)C(=O)CC(=O)c1ccc(Br)cc1. The average Bonchev–Trinajstić information content (AvgIpc) is 2.31. The van der Waals surface area contributed by atoms with E-state index < -0.39 is 6.29 Å². The maximum absolute atomic E-state index is 11.8. The molecule has 0 radical (unpaired) electrons. The van der Waals surface area contributed by atoms with Gasteiger partial charge < -0.3 is 9.47 Å². The van der Waals surface area contributed by atoms with Crippen LogP contribution in [-0.4, -0.2) is 32.1 Å². The van der Waals surface area contributed by atoms with Gasteiger partial charge in [-0.2, -0.15) is 0 Å². The number of hydrogen-bond acceptors (Lipinski definition) is 4. The van der Waals surface area contributed by atoms with Crippen LogP contribution < -0.4 is 0 Å². The molecule has 0 fully saturated rings. The molecule has 0 N–H and O–H groups in total. The van der Waals surface area contributed by atoms with E-state index in [0.717, 1.165) is 4.47 Å². The van der Waals surface area contributed by atoms with E-state index in [-0.39, 0.29) is 18.0 Å². The lowest BCUT2D eigenvalue weighted by Gasteiger charge is -2.11. The number of Topliss-reactive ketones (excluding diaryl/α,β-unsaturated/α-hetero) is 2. The zero-order valence-corrected chi connectivity index (χ0v) is 11.2. The predicted octanol–water partition coefficient (Wildman–Crippen LogP) is 2.21. The van der Waals surface area contributed by atoms with Crippen molar-refractivity contribution in [2.45, 2.75) is 12.7 Å². The first kappa shape index (κ1) is 14.0. The van der Waals surface area contributed by atoms with Gasteiger partial charge in [0.2, 0.25) is 6.29 Å². The van der Waals surface area contributed by atoms with Crippen LogP contribution in [0, 0.1) is 0 Å². The van der Waals surface area contributed by atoms with Crippen LogP contribution in [0.1, 0.15) is 16.8 Å². The van der Waals surface area contributed by atoms with Crippen molar-refractivity contribution >= 4 is 27.5 Å². The molecule has 5 heteroatoms. The van der Waals surface area contributed by atoms with Gasteiger partial charge in [0.1, 0.15) is 0 Å². The Hall–Kier alpha value is -1.04. The zero-order valence-electron chi connectivity index (χ0n) is 9.60. The monoisotopic (exact) mass is 300 g/mol. The molecular formula is C12H13BrO4. The van der Waals surface area contributed by atoms with Crippen molar-refractivity contribution in [1.82, 2.24) is 0 Å². The van der Waals surface area contributed by atoms with Crippen molar-refractivity contribution in [2.75, 3.05) is 14.2 Å². The van der Waals surface area contributed by atoms with Crippen LogP contribution in [0.15, 0.2) is 28.7 Å². The maximum Gasteiger partial charge on any atom is 0.217 e. The summed E-state index contributed by atoms with van der Waals surface area (Å²) in [5, 5.41) is 0. The standard InChI is InChI=1S/C12H13BrO4/c1-16-12(17-2)11(15)7-10(14)8-3-5-9(13)6-4-8/h3-6,12H,7H2,1-2H3. The van der Waals surface area contributed by atoms with Crippen molar-refractivity contribution < 1.29 is 19.1 Å². The van der Waals surface area contributed by atoms with Crippen LogP contribution >= 0.6 is 15.9 Å². The molecule has 0 aliphatic heterocycles. The number of carbonyl (C=O) groups is 2. The van der Waals surface area contributed by atoms with E-state index >= 15 is 0 Å². The normalized spacial score (nSPS) is 10.6. The summed E-state index contributed by atoms with van der Waals surface area (Å²) >= 11 is 3.27. The molecule has 0 bridgehead atoms. The molecule has 0 aliphatic rings. The number of rotatable bonds is 6. The van der Waals surface area contributed by atoms with Crippen LogP contribution in [0.25, 0.3) is 0 Å². The fourth-order valence-corrected chi connectivity index (χ4v) is 1.60. The Kier molecular flexibility index (Phi) is 5.47. The molecule has 4 nitrogen and oxygen atoms in total. The summed E-state index contributed by atoms with van der Waals surface area (Å²) in [5.74, 6) is -0.635. The third-order valence-corrected chi connectivity index (χ3v) is 2.72. The summed E-state index contributed by atoms with van der Waals surface area (Å²) in [6, 6.07) is 6.83. The van der Waals surface area contributed by atoms with Crippen LogP contribution in [0.3, 0.4) is 0 Å². The molecule has 0 saturated heterocycles. The molecular weight excluding hydrogens is 288 g/mol. The Morgan fingerprint density at radius 3 is 2.18 bits per heavy atom. The number of hydrogen-bond donors (Lipinski definition) is 0. The molecule has 92 valence electrons. The fraction of sp³-hybridized carbons (Fsp3) is 0.333. The minimum Gasteiger partial charge on any atom is -0.349 e. The first-order valence-corrected chi connectivity index (χ1v) is 5.75. The molecule has 1 rings (SSSR count). The summed E-state index contributed by atoms with van der Waals surface area (Å²) in [6.45, 7) is 0. The summed E-state index contributed by atoms with van der Waals surface area (Å²) in [7, 11) is 2.71. The van der Waals surface area contributed by atoms with Crippen molar-refractivity contribution in [2.24, 2.45) is 0 Å². The van der Waals surface area contributed by atoms with Gasteiger partial charge in [-0.1, -0.05) is 28.1 Å². The molecule has 0 amide bonds. The first-order chi connectivity index (χ1) is 8.08. The number of methoxy groups -OCH3 is 2. The number of ether oxygens (including phenoxy) is 2. The highest BCUT2D eigenvalue weighted by Gasteiger charge is 2.20. The lowest BCUT2D eigenvalue weighted by atomic mass is 10.1. The molecule has 0 spiro atoms. The van der Waals surface area contributed by atoms with E-state index in [4.69, 9.17) is 9.47 Å². The zero-order chi connectivity index (χ0) is 12.8. The molecule has 1 aromatic carbocycles. The Morgan fingerprint density at radius 1 is 1.18 bits per heavy atom. The van der Waals surface area contributed by atoms with Crippen molar-refractivity contribution in [3.63, 3.8) is 0 Å². The van der Waals surface area contributed by atoms with Crippen LogP contribution in [0.2, 0.25) is 0 Å². The maximum atomic E-state index is 11.8. The third-order valence-electron chi connectivity index (χ3n) is 2.19.